The molecule has 3 unspecified atom stereocenters. The first-order valence-corrected chi connectivity index (χ1v) is 47.4. The number of unbranched alkanes of at least 4 members (excludes halogenated alkanes) is 51. The molecule has 0 aliphatic rings. The van der Waals surface area contributed by atoms with Gasteiger partial charge in [0.05, 0.1) is 26.4 Å². The summed E-state index contributed by atoms with van der Waals surface area (Å²) in [4.78, 5) is 73.0. The van der Waals surface area contributed by atoms with Crippen LogP contribution in [-0.4, -0.2) is 96.7 Å². The minimum atomic E-state index is -4.97. The quantitative estimate of drug-likeness (QED) is 0.0222. The van der Waals surface area contributed by atoms with E-state index in [1.165, 1.54) is 250 Å². The van der Waals surface area contributed by atoms with Crippen LogP contribution in [0.1, 0.15) is 453 Å². The van der Waals surface area contributed by atoms with Crippen LogP contribution in [0.15, 0.2) is 0 Å². The van der Waals surface area contributed by atoms with Gasteiger partial charge in [-0.2, -0.15) is 0 Å². The van der Waals surface area contributed by atoms with Crippen LogP contribution in [-0.2, 0) is 65.4 Å². The first kappa shape index (κ1) is 103. The van der Waals surface area contributed by atoms with E-state index in [1.807, 2.05) is 0 Å². The fourth-order valence-electron chi connectivity index (χ4n) is 13.3. The maximum absolute atomic E-state index is 13.1. The average Bonchev–Trinajstić information content (AvgIpc) is 0.904. The number of phosphoric acid groups is 2. The molecule has 0 heterocycles. The molecule has 0 saturated carbocycles. The zero-order valence-electron chi connectivity index (χ0n) is 69.2. The van der Waals surface area contributed by atoms with Crippen molar-refractivity contribution in [2.45, 2.75) is 471 Å². The number of hydrogen-bond donors (Lipinski definition) is 3. The highest BCUT2D eigenvalue weighted by atomic mass is 31.2. The van der Waals surface area contributed by atoms with Crippen molar-refractivity contribution in [1.82, 2.24) is 0 Å². The van der Waals surface area contributed by atoms with E-state index in [9.17, 15) is 43.2 Å². The monoisotopic (exact) mass is 1540 g/mol. The van der Waals surface area contributed by atoms with Gasteiger partial charge in [0.2, 0.25) is 0 Å². The summed E-state index contributed by atoms with van der Waals surface area (Å²) in [6.07, 6.45) is 66.9. The number of esters is 4. The van der Waals surface area contributed by atoms with Crippen LogP contribution in [0.4, 0.5) is 0 Å². The zero-order valence-corrected chi connectivity index (χ0v) is 71.0. The highest BCUT2D eigenvalue weighted by Crippen LogP contribution is 2.45. The molecule has 0 fully saturated rings. The SMILES string of the molecule is CCCCCCCCCC(=O)OC[C@H](COP(=O)(O)OC[C@H](O)COP(=O)(O)OC[C@@H](COC(=O)CCCCCCCCCCCCCCCCCCCCC(C)C)OC(=O)CCCCCCCCCCCCCCCCCCCCC(C)CC)OC(=O)CCCCCCCCCCCCCCC(C)C. The van der Waals surface area contributed by atoms with Crippen LogP contribution in [0.3, 0.4) is 0 Å². The van der Waals surface area contributed by atoms with Crippen LogP contribution in [0.25, 0.3) is 0 Å². The van der Waals surface area contributed by atoms with E-state index in [0.29, 0.717) is 25.7 Å². The lowest BCUT2D eigenvalue weighted by Gasteiger charge is -2.21. The number of aliphatic hydroxyl groups excluding tert-OH is 1. The number of aliphatic hydroxyl groups is 1. The molecule has 0 rings (SSSR count). The van der Waals surface area contributed by atoms with Crippen LogP contribution in [0, 0.1) is 17.8 Å². The maximum Gasteiger partial charge on any atom is 0.472 e. The molecule has 0 aliphatic heterocycles. The average molecular weight is 1540 g/mol. The second-order valence-corrected chi connectivity index (χ2v) is 35.0. The van der Waals surface area contributed by atoms with Gasteiger partial charge < -0.3 is 33.8 Å². The molecule has 6 atom stereocenters. The Morgan fingerprint density at radius 3 is 0.724 bits per heavy atom. The summed E-state index contributed by atoms with van der Waals surface area (Å²) in [7, 11) is -9.92. The lowest BCUT2D eigenvalue weighted by atomic mass is 9.99. The molecular weight excluding hydrogens is 1370 g/mol. The minimum absolute atomic E-state index is 0.107. The molecular formula is C86H168O17P2. The Morgan fingerprint density at radius 2 is 0.486 bits per heavy atom. The molecule has 0 spiro atoms. The maximum atomic E-state index is 13.1. The molecule has 0 saturated heterocycles. The molecule has 624 valence electrons. The second-order valence-electron chi connectivity index (χ2n) is 32.1. The van der Waals surface area contributed by atoms with Gasteiger partial charge in [-0.3, -0.25) is 37.3 Å². The number of carbonyl (C=O) groups is 4. The van der Waals surface area contributed by atoms with Gasteiger partial charge in [0.1, 0.15) is 19.3 Å². The Kier molecular flexibility index (Phi) is 74.7. The number of ether oxygens (including phenoxy) is 4. The third-order valence-electron chi connectivity index (χ3n) is 20.5. The Bertz CT molecular complexity index is 2030. The third kappa shape index (κ3) is 78.5. The third-order valence-corrected chi connectivity index (χ3v) is 22.4. The van der Waals surface area contributed by atoms with Crippen LogP contribution in [0.5, 0.6) is 0 Å². The number of phosphoric ester groups is 2. The van der Waals surface area contributed by atoms with Crippen molar-refractivity contribution in [1.29, 1.82) is 0 Å². The van der Waals surface area contributed by atoms with Gasteiger partial charge in [-0.25, -0.2) is 9.13 Å². The zero-order chi connectivity index (χ0) is 77.2. The summed E-state index contributed by atoms with van der Waals surface area (Å²) >= 11 is 0. The lowest BCUT2D eigenvalue weighted by molar-refractivity contribution is -0.161. The van der Waals surface area contributed by atoms with E-state index in [2.05, 4.69) is 48.5 Å². The van der Waals surface area contributed by atoms with Crippen molar-refractivity contribution in [2.24, 2.45) is 17.8 Å². The van der Waals surface area contributed by atoms with Crippen LogP contribution >= 0.6 is 15.6 Å². The highest BCUT2D eigenvalue weighted by molar-refractivity contribution is 7.47. The largest absolute Gasteiger partial charge is 0.472 e. The summed E-state index contributed by atoms with van der Waals surface area (Å²) in [5.41, 5.74) is 0. The van der Waals surface area contributed by atoms with Crippen molar-refractivity contribution in [3.05, 3.63) is 0 Å². The molecule has 0 aliphatic carbocycles. The standard InChI is InChI=1S/C86H168O17P2/c1-8-10-11-12-43-53-60-67-83(88)96-73-81(102-85(90)70-63-56-49-42-36-30-29-32-38-45-51-58-65-78(5)6)75-100-104(92,93)98-71-80(87)72-99-105(94,95)101-76-82(74-97-84(89)68-61-54-47-40-34-27-23-19-15-13-17-21-25-31-37-44-50-57-64-77(3)4)103-86(91)69-62-55-48-41-35-28-24-20-16-14-18-22-26-33-39-46-52-59-66-79(7)9-2/h77-82,87H,8-76H2,1-7H3,(H,92,93)(H,94,95)/t79?,80-,81+,82+/m0/s1. The molecule has 17 nitrogen and oxygen atoms in total. The van der Waals surface area contributed by atoms with Gasteiger partial charge in [0.15, 0.2) is 12.2 Å². The summed E-state index contributed by atoms with van der Waals surface area (Å²) in [6.45, 7) is 12.0. The Labute approximate surface area is 645 Å². The predicted octanol–water partition coefficient (Wildman–Crippen LogP) is 26.1. The number of rotatable bonds is 84. The Balaban J connectivity index is 5.16. The molecule has 0 amide bonds. The van der Waals surface area contributed by atoms with E-state index in [1.54, 1.807) is 0 Å². The molecule has 19 heteroatoms. The predicted molar refractivity (Wildman–Crippen MR) is 432 cm³/mol. The van der Waals surface area contributed by atoms with Gasteiger partial charge in [-0.1, -0.05) is 402 Å². The first-order chi connectivity index (χ1) is 50.8. The summed E-state index contributed by atoms with van der Waals surface area (Å²) in [5, 5.41) is 10.7. The smallest absolute Gasteiger partial charge is 0.462 e. The fourth-order valence-corrected chi connectivity index (χ4v) is 14.9. The second kappa shape index (κ2) is 76.1. The number of hydrogen-bond acceptors (Lipinski definition) is 15. The topological polar surface area (TPSA) is 237 Å². The van der Waals surface area contributed by atoms with E-state index in [4.69, 9.17) is 37.0 Å². The van der Waals surface area contributed by atoms with Gasteiger partial charge >= 0.3 is 39.5 Å². The molecule has 105 heavy (non-hydrogen) atoms. The van der Waals surface area contributed by atoms with Gasteiger partial charge in [-0.05, 0) is 43.4 Å². The van der Waals surface area contributed by atoms with Crippen molar-refractivity contribution in [2.75, 3.05) is 39.6 Å². The molecule has 0 aromatic heterocycles. The minimum Gasteiger partial charge on any atom is -0.462 e. The van der Waals surface area contributed by atoms with Crippen LogP contribution in [0.2, 0.25) is 0 Å². The van der Waals surface area contributed by atoms with Crippen molar-refractivity contribution >= 4 is 39.5 Å². The molecule has 0 bridgehead atoms. The highest BCUT2D eigenvalue weighted by Gasteiger charge is 2.30. The van der Waals surface area contributed by atoms with E-state index < -0.39 is 97.5 Å². The first-order valence-electron chi connectivity index (χ1n) is 44.4. The van der Waals surface area contributed by atoms with E-state index in [-0.39, 0.29) is 25.7 Å². The fraction of sp³-hybridized carbons (Fsp3) is 0.953. The Hall–Kier alpha value is -1.94. The van der Waals surface area contributed by atoms with Crippen LogP contribution < -0.4 is 0 Å². The normalized spacial score (nSPS) is 14.1. The molecule has 0 aromatic carbocycles. The van der Waals surface area contributed by atoms with Crippen molar-refractivity contribution < 1.29 is 80.2 Å². The summed E-state index contributed by atoms with van der Waals surface area (Å²) < 4.78 is 68.7. The molecule has 3 N–H and O–H groups in total. The molecule has 0 aromatic rings. The van der Waals surface area contributed by atoms with E-state index >= 15 is 0 Å². The Morgan fingerprint density at radius 1 is 0.276 bits per heavy atom. The molecule has 0 radical (unpaired) electrons. The summed E-state index contributed by atoms with van der Waals surface area (Å²) in [6, 6.07) is 0. The van der Waals surface area contributed by atoms with Crippen molar-refractivity contribution in [3.63, 3.8) is 0 Å². The van der Waals surface area contributed by atoms with Gasteiger partial charge in [0.25, 0.3) is 0 Å². The lowest BCUT2D eigenvalue weighted by Crippen LogP contribution is -2.30. The van der Waals surface area contributed by atoms with Gasteiger partial charge in [-0.15, -0.1) is 0 Å². The van der Waals surface area contributed by atoms with Crippen molar-refractivity contribution in [3.8, 4) is 0 Å². The number of carbonyl (C=O) groups excluding carboxylic acids is 4. The summed E-state index contributed by atoms with van der Waals surface area (Å²) in [5.74, 6) is 0.361. The van der Waals surface area contributed by atoms with Gasteiger partial charge in [0, 0.05) is 25.7 Å². The van der Waals surface area contributed by atoms with E-state index in [0.717, 1.165) is 120 Å².